The molecule has 0 bridgehead atoms. The van der Waals surface area contributed by atoms with Crippen molar-refractivity contribution >= 4 is 23.5 Å². The minimum absolute atomic E-state index is 0.0724. The third kappa shape index (κ3) is 5.78. The molecule has 5 nitrogen and oxygen atoms in total. The highest BCUT2D eigenvalue weighted by Crippen LogP contribution is 2.34. The molecule has 0 saturated carbocycles. The van der Waals surface area contributed by atoms with Crippen LogP contribution in [-0.2, 0) is 14.3 Å². The number of ether oxygens (including phenoxy) is 2. The molecule has 31 heavy (non-hydrogen) atoms. The van der Waals surface area contributed by atoms with Gasteiger partial charge in [0.05, 0.1) is 17.4 Å². The maximum absolute atomic E-state index is 13.2. The van der Waals surface area contributed by atoms with Crippen molar-refractivity contribution in [3.63, 3.8) is 0 Å². The standard InChI is InChI=1S/C26H29NO4/c1-18(2)23-13-15-26(3,31-23)14-12-19-10-11-22(27-24(28)17-30-4)21(16-19)25(29)20-8-6-5-7-9-20/h5-12,14,16,23H,1,13,15,17H2,2-4H3,(H,27,28). The number of amides is 1. The molecular weight excluding hydrogens is 390 g/mol. The van der Waals surface area contributed by atoms with E-state index in [0.717, 1.165) is 24.0 Å². The molecule has 1 N–H and O–H groups in total. The number of hydrogen-bond donors (Lipinski definition) is 1. The Morgan fingerprint density at radius 3 is 2.65 bits per heavy atom. The summed E-state index contributed by atoms with van der Waals surface area (Å²) in [5.74, 6) is -0.472. The number of nitrogens with one attached hydrogen (secondary N) is 1. The molecule has 0 aliphatic carbocycles. The van der Waals surface area contributed by atoms with Gasteiger partial charge in [-0.05, 0) is 44.4 Å². The van der Waals surface area contributed by atoms with Gasteiger partial charge in [-0.15, -0.1) is 0 Å². The molecule has 2 aromatic carbocycles. The predicted octanol–water partition coefficient (Wildman–Crippen LogP) is 5.03. The summed E-state index contributed by atoms with van der Waals surface area (Å²) in [5, 5.41) is 2.77. The third-order valence-corrected chi connectivity index (χ3v) is 5.37. The predicted molar refractivity (Wildman–Crippen MR) is 123 cm³/mol. The number of hydrogen-bond acceptors (Lipinski definition) is 4. The van der Waals surface area contributed by atoms with Gasteiger partial charge in [0.25, 0.3) is 0 Å². The molecule has 1 fully saturated rings. The van der Waals surface area contributed by atoms with Gasteiger partial charge in [-0.25, -0.2) is 0 Å². The zero-order chi connectivity index (χ0) is 22.4. The summed E-state index contributed by atoms with van der Waals surface area (Å²) in [6.45, 7) is 7.96. The first kappa shape index (κ1) is 22.7. The summed E-state index contributed by atoms with van der Waals surface area (Å²) in [4.78, 5) is 25.2. The lowest BCUT2D eigenvalue weighted by molar-refractivity contribution is -0.119. The topological polar surface area (TPSA) is 64.6 Å². The summed E-state index contributed by atoms with van der Waals surface area (Å²) in [6.07, 6.45) is 5.91. The Hall–Kier alpha value is -3.02. The van der Waals surface area contributed by atoms with Crippen molar-refractivity contribution in [3.8, 4) is 0 Å². The van der Waals surface area contributed by atoms with Gasteiger partial charge >= 0.3 is 0 Å². The Labute approximate surface area is 183 Å². The van der Waals surface area contributed by atoms with Crippen LogP contribution < -0.4 is 5.32 Å². The van der Waals surface area contributed by atoms with Crippen LogP contribution in [0.1, 0.15) is 48.2 Å². The second-order valence-corrected chi connectivity index (χ2v) is 8.12. The SMILES string of the molecule is C=C(C)C1CCC(C)(C=Cc2ccc(NC(=O)COC)c(C(=O)c3ccccc3)c2)O1. The highest BCUT2D eigenvalue weighted by molar-refractivity contribution is 6.14. The third-order valence-electron chi connectivity index (χ3n) is 5.37. The summed E-state index contributed by atoms with van der Waals surface area (Å²) < 4.78 is 11.0. The molecule has 3 rings (SSSR count). The van der Waals surface area contributed by atoms with Crippen molar-refractivity contribution < 1.29 is 19.1 Å². The van der Waals surface area contributed by atoms with Crippen LogP contribution in [0.5, 0.6) is 0 Å². The van der Waals surface area contributed by atoms with E-state index in [1.165, 1.54) is 7.11 Å². The molecule has 1 heterocycles. The highest BCUT2D eigenvalue weighted by atomic mass is 16.5. The molecule has 5 heteroatoms. The Balaban J connectivity index is 1.89. The maximum atomic E-state index is 13.2. The van der Waals surface area contributed by atoms with Gasteiger partial charge in [-0.3, -0.25) is 9.59 Å². The molecule has 0 radical (unpaired) electrons. The van der Waals surface area contributed by atoms with E-state index in [4.69, 9.17) is 9.47 Å². The fourth-order valence-electron chi connectivity index (χ4n) is 3.63. The number of benzene rings is 2. The highest BCUT2D eigenvalue weighted by Gasteiger charge is 2.34. The van der Waals surface area contributed by atoms with E-state index in [1.807, 2.05) is 43.3 Å². The van der Waals surface area contributed by atoms with Gasteiger partial charge in [0.1, 0.15) is 6.61 Å². The molecular formula is C26H29NO4. The van der Waals surface area contributed by atoms with Crippen LogP contribution in [0.25, 0.3) is 6.08 Å². The van der Waals surface area contributed by atoms with Gasteiger partial charge in [0, 0.05) is 18.2 Å². The molecule has 162 valence electrons. The maximum Gasteiger partial charge on any atom is 0.250 e. The fraction of sp³-hybridized carbons (Fsp3) is 0.308. The van der Waals surface area contributed by atoms with Crippen molar-refractivity contribution in [2.24, 2.45) is 0 Å². The van der Waals surface area contributed by atoms with Crippen molar-refractivity contribution in [1.82, 2.24) is 0 Å². The second-order valence-electron chi connectivity index (χ2n) is 8.12. The molecule has 2 atom stereocenters. The van der Waals surface area contributed by atoms with Crippen LogP contribution in [0.2, 0.25) is 0 Å². The van der Waals surface area contributed by atoms with Crippen molar-refractivity contribution in [2.45, 2.75) is 38.4 Å². The summed E-state index contributed by atoms with van der Waals surface area (Å²) in [6, 6.07) is 14.4. The summed E-state index contributed by atoms with van der Waals surface area (Å²) >= 11 is 0. The number of methoxy groups -OCH3 is 1. The molecule has 1 saturated heterocycles. The smallest absolute Gasteiger partial charge is 0.250 e. The van der Waals surface area contributed by atoms with E-state index in [1.54, 1.807) is 24.3 Å². The van der Waals surface area contributed by atoms with Crippen molar-refractivity contribution in [3.05, 3.63) is 83.4 Å². The van der Waals surface area contributed by atoms with Crippen LogP contribution in [0, 0.1) is 0 Å². The van der Waals surface area contributed by atoms with Gasteiger partial charge in [-0.1, -0.05) is 60.7 Å². The molecule has 1 amide bonds. The quantitative estimate of drug-likeness (QED) is 0.481. The number of ketones is 1. The number of rotatable bonds is 8. The van der Waals surface area contributed by atoms with Crippen LogP contribution in [-0.4, -0.2) is 37.1 Å². The summed E-state index contributed by atoms with van der Waals surface area (Å²) in [7, 11) is 1.45. The number of carbonyl (C=O) groups excluding carboxylic acids is 2. The first-order chi connectivity index (χ1) is 14.8. The van der Waals surface area contributed by atoms with Crippen LogP contribution in [0.4, 0.5) is 5.69 Å². The fourth-order valence-corrected chi connectivity index (χ4v) is 3.63. The molecule has 1 aliphatic heterocycles. The molecule has 0 aromatic heterocycles. The van der Waals surface area contributed by atoms with Gasteiger partial charge < -0.3 is 14.8 Å². The van der Waals surface area contributed by atoms with E-state index in [9.17, 15) is 9.59 Å². The minimum Gasteiger partial charge on any atom is -0.375 e. The second kappa shape index (κ2) is 9.86. The minimum atomic E-state index is -0.376. The van der Waals surface area contributed by atoms with Crippen molar-refractivity contribution in [1.29, 1.82) is 0 Å². The lowest BCUT2D eigenvalue weighted by Gasteiger charge is -2.21. The lowest BCUT2D eigenvalue weighted by Crippen LogP contribution is -2.22. The first-order valence-electron chi connectivity index (χ1n) is 10.4. The average molecular weight is 420 g/mol. The van der Waals surface area contributed by atoms with E-state index < -0.39 is 0 Å². The zero-order valence-electron chi connectivity index (χ0n) is 18.3. The molecule has 0 spiro atoms. The Bertz CT molecular complexity index is 996. The Morgan fingerprint density at radius 2 is 2.00 bits per heavy atom. The van der Waals surface area contributed by atoms with E-state index in [-0.39, 0.29) is 30.0 Å². The summed E-state index contributed by atoms with van der Waals surface area (Å²) in [5.41, 5.74) is 2.95. The molecule has 2 aromatic rings. The average Bonchev–Trinajstić information content (AvgIpc) is 3.16. The monoisotopic (exact) mass is 419 g/mol. The van der Waals surface area contributed by atoms with Gasteiger partial charge in [0.15, 0.2) is 5.78 Å². The largest absolute Gasteiger partial charge is 0.375 e. The van der Waals surface area contributed by atoms with E-state index in [0.29, 0.717) is 16.8 Å². The Morgan fingerprint density at radius 1 is 1.26 bits per heavy atom. The number of carbonyl (C=O) groups is 2. The van der Waals surface area contributed by atoms with E-state index >= 15 is 0 Å². The lowest BCUT2D eigenvalue weighted by atomic mass is 9.97. The van der Waals surface area contributed by atoms with Crippen LogP contribution in [0.3, 0.4) is 0 Å². The zero-order valence-corrected chi connectivity index (χ0v) is 18.3. The molecule has 1 aliphatic rings. The van der Waals surface area contributed by atoms with Crippen molar-refractivity contribution in [2.75, 3.05) is 19.0 Å². The van der Waals surface area contributed by atoms with Crippen LogP contribution >= 0.6 is 0 Å². The number of anilines is 1. The first-order valence-corrected chi connectivity index (χ1v) is 10.4. The molecule has 2 unspecified atom stereocenters. The Kier molecular flexibility index (Phi) is 7.21. The van der Waals surface area contributed by atoms with Gasteiger partial charge in [-0.2, -0.15) is 0 Å². The van der Waals surface area contributed by atoms with E-state index in [2.05, 4.69) is 18.8 Å². The normalized spacial score (nSPS) is 20.7. The van der Waals surface area contributed by atoms with Gasteiger partial charge in [0.2, 0.25) is 5.91 Å². The van der Waals surface area contributed by atoms with Crippen LogP contribution in [0.15, 0.2) is 66.8 Å².